The predicted octanol–water partition coefficient (Wildman–Crippen LogP) is 6.81. The number of Topliss-reactive ketones (excluding diaryl/α,β-unsaturated/α-hetero) is 1. The van der Waals surface area contributed by atoms with Crippen molar-refractivity contribution in [2.24, 2.45) is 10.2 Å². The molecule has 4 rings (SSSR count). The quantitative estimate of drug-likeness (QED) is 0.420. The van der Waals surface area contributed by atoms with E-state index in [4.69, 9.17) is 0 Å². The van der Waals surface area contributed by atoms with Gasteiger partial charge >= 0.3 is 12.2 Å². The number of nitrogens with zero attached hydrogens (tertiary/aromatic N) is 3. The molecule has 0 aliphatic carbocycles. The van der Waals surface area contributed by atoms with Crippen molar-refractivity contribution < 1.29 is 22.8 Å². The molecule has 2 aliphatic rings. The van der Waals surface area contributed by atoms with Crippen LogP contribution >= 0.6 is 0 Å². The summed E-state index contributed by atoms with van der Waals surface area (Å²) < 4.78 is 40.2. The zero-order valence-corrected chi connectivity index (χ0v) is 22.2. The summed E-state index contributed by atoms with van der Waals surface area (Å²) in [6, 6.07) is 8.44. The van der Waals surface area contributed by atoms with Crippen molar-refractivity contribution in [1.29, 1.82) is 0 Å². The molecule has 0 saturated carbocycles. The van der Waals surface area contributed by atoms with Gasteiger partial charge in [-0.05, 0) is 81.3 Å². The number of hydrogen-bond donors (Lipinski definition) is 1. The molecule has 1 N–H and O–H groups in total. The first-order valence-electron chi connectivity index (χ1n) is 12.8. The number of hydrogen-bond acceptors (Lipinski definition) is 4. The normalized spacial score (nSPS) is 15.6. The van der Waals surface area contributed by atoms with Crippen LogP contribution in [-0.4, -0.2) is 40.2 Å². The van der Waals surface area contributed by atoms with E-state index in [0.29, 0.717) is 54.5 Å². The van der Waals surface area contributed by atoms with Gasteiger partial charge in [-0.3, -0.25) is 4.79 Å². The van der Waals surface area contributed by atoms with Gasteiger partial charge in [0.1, 0.15) is 0 Å². The SMILES string of the molecule is CC1=NN=C(CCCC(=O)c2ccc(-c3cccc(C(F)(F)F)c3)c3c2CN(C(=O)NC(C)(C)C)CC3)C1. The highest BCUT2D eigenvalue weighted by Crippen LogP contribution is 2.37. The first-order valence-corrected chi connectivity index (χ1v) is 12.8. The van der Waals surface area contributed by atoms with E-state index in [1.807, 2.05) is 27.7 Å². The van der Waals surface area contributed by atoms with E-state index in [9.17, 15) is 22.8 Å². The number of carbonyl (C=O) groups is 2. The molecule has 202 valence electrons. The van der Waals surface area contributed by atoms with E-state index < -0.39 is 17.3 Å². The van der Waals surface area contributed by atoms with Crippen LogP contribution in [0.3, 0.4) is 0 Å². The minimum Gasteiger partial charge on any atom is -0.333 e. The highest BCUT2D eigenvalue weighted by Gasteiger charge is 2.32. The Kier molecular flexibility index (Phi) is 7.76. The van der Waals surface area contributed by atoms with Gasteiger partial charge in [-0.2, -0.15) is 23.4 Å². The summed E-state index contributed by atoms with van der Waals surface area (Å²) >= 11 is 0. The van der Waals surface area contributed by atoms with Crippen LogP contribution in [0.5, 0.6) is 0 Å². The minimum absolute atomic E-state index is 0.0499. The summed E-state index contributed by atoms with van der Waals surface area (Å²) in [6.45, 7) is 8.21. The van der Waals surface area contributed by atoms with Crippen molar-refractivity contribution in [3.8, 4) is 11.1 Å². The van der Waals surface area contributed by atoms with E-state index in [-0.39, 0.29) is 18.4 Å². The number of urea groups is 1. The van der Waals surface area contributed by atoms with Gasteiger partial charge in [-0.25, -0.2) is 4.79 Å². The number of halogens is 3. The van der Waals surface area contributed by atoms with Crippen LogP contribution in [0.4, 0.5) is 18.0 Å². The average Bonchev–Trinajstić information content (AvgIpc) is 3.26. The van der Waals surface area contributed by atoms with E-state index in [2.05, 4.69) is 15.5 Å². The average molecular weight is 527 g/mol. The molecule has 2 heterocycles. The molecule has 2 aromatic rings. The summed E-state index contributed by atoms with van der Waals surface area (Å²) in [7, 11) is 0. The van der Waals surface area contributed by atoms with Gasteiger partial charge in [0.15, 0.2) is 5.78 Å². The molecule has 0 atom stereocenters. The lowest BCUT2D eigenvalue weighted by Gasteiger charge is -2.34. The maximum Gasteiger partial charge on any atom is 0.416 e. The van der Waals surface area contributed by atoms with Crippen LogP contribution in [-0.2, 0) is 19.1 Å². The van der Waals surface area contributed by atoms with E-state index in [1.54, 1.807) is 23.1 Å². The lowest BCUT2D eigenvalue weighted by atomic mass is 9.85. The zero-order valence-electron chi connectivity index (χ0n) is 22.2. The Morgan fingerprint density at radius 2 is 1.82 bits per heavy atom. The molecule has 0 spiro atoms. The van der Waals surface area contributed by atoms with Crippen LogP contribution in [0.15, 0.2) is 46.6 Å². The molecule has 2 aromatic carbocycles. The molecule has 2 amide bonds. The Balaban J connectivity index is 1.64. The Morgan fingerprint density at radius 3 is 2.47 bits per heavy atom. The van der Waals surface area contributed by atoms with Crippen molar-refractivity contribution in [2.75, 3.05) is 6.54 Å². The van der Waals surface area contributed by atoms with Crippen LogP contribution < -0.4 is 5.32 Å². The topological polar surface area (TPSA) is 74.1 Å². The van der Waals surface area contributed by atoms with Crippen LogP contribution in [0.1, 0.15) is 80.4 Å². The molecule has 0 unspecified atom stereocenters. The number of nitrogens with one attached hydrogen (secondary N) is 1. The van der Waals surface area contributed by atoms with Crippen molar-refractivity contribution in [2.45, 2.75) is 78.1 Å². The fourth-order valence-corrected chi connectivity index (χ4v) is 4.89. The van der Waals surface area contributed by atoms with Crippen molar-refractivity contribution in [3.63, 3.8) is 0 Å². The number of alkyl halides is 3. The predicted molar refractivity (Wildman–Crippen MR) is 143 cm³/mol. The molecule has 0 fully saturated rings. The lowest BCUT2D eigenvalue weighted by Crippen LogP contribution is -2.50. The number of rotatable bonds is 6. The van der Waals surface area contributed by atoms with Crippen LogP contribution in [0.25, 0.3) is 11.1 Å². The molecule has 2 aliphatic heterocycles. The second-order valence-corrected chi connectivity index (χ2v) is 11.0. The van der Waals surface area contributed by atoms with E-state index in [1.165, 1.54) is 6.07 Å². The largest absolute Gasteiger partial charge is 0.416 e. The molecular formula is C29H33F3N4O2. The van der Waals surface area contributed by atoms with Crippen molar-refractivity contribution in [1.82, 2.24) is 10.2 Å². The van der Waals surface area contributed by atoms with Gasteiger partial charge in [0, 0.05) is 48.5 Å². The molecule has 6 nitrogen and oxygen atoms in total. The molecule has 9 heteroatoms. The standard InChI is InChI=1S/C29H33F3N4O2/c1-18-15-21(35-34-18)9-6-10-26(37)24-12-11-22(19-7-5-8-20(16-19)29(30,31)32)23-13-14-36(17-25(23)24)27(38)33-28(2,3)4/h5,7-8,11-12,16H,6,9-10,13-15,17H2,1-4H3,(H,33,38). The van der Waals surface area contributed by atoms with E-state index >= 15 is 0 Å². The number of benzene rings is 2. The molecule has 0 radical (unpaired) electrons. The summed E-state index contributed by atoms with van der Waals surface area (Å²) in [5.74, 6) is -0.0499. The van der Waals surface area contributed by atoms with Crippen LogP contribution in [0.2, 0.25) is 0 Å². The lowest BCUT2D eigenvalue weighted by molar-refractivity contribution is -0.137. The van der Waals surface area contributed by atoms with Gasteiger partial charge in [0.05, 0.1) is 5.56 Å². The summed E-state index contributed by atoms with van der Waals surface area (Å²) in [6.07, 6.45) is -1.68. The Hall–Kier alpha value is -3.49. The highest BCUT2D eigenvalue weighted by molar-refractivity contribution is 6.06. The van der Waals surface area contributed by atoms with Gasteiger partial charge in [0.2, 0.25) is 0 Å². The molecule has 38 heavy (non-hydrogen) atoms. The van der Waals surface area contributed by atoms with Crippen molar-refractivity contribution in [3.05, 3.63) is 58.7 Å². The van der Waals surface area contributed by atoms with Gasteiger partial charge in [-0.15, -0.1) is 0 Å². The third kappa shape index (κ3) is 6.49. The Morgan fingerprint density at radius 1 is 1.05 bits per heavy atom. The van der Waals surface area contributed by atoms with Crippen LogP contribution in [0, 0.1) is 0 Å². The number of carbonyl (C=O) groups excluding carboxylic acids is 2. The summed E-state index contributed by atoms with van der Waals surface area (Å²) in [5.41, 5.74) is 3.91. The summed E-state index contributed by atoms with van der Waals surface area (Å²) in [4.78, 5) is 28.0. The Labute approximate surface area is 221 Å². The molecule has 0 bridgehead atoms. The van der Waals surface area contributed by atoms with Gasteiger partial charge in [-0.1, -0.05) is 24.3 Å². The molecule has 0 aromatic heterocycles. The molecular weight excluding hydrogens is 493 g/mol. The summed E-state index contributed by atoms with van der Waals surface area (Å²) in [5, 5.41) is 11.2. The zero-order chi connectivity index (χ0) is 27.7. The fourth-order valence-electron chi connectivity index (χ4n) is 4.89. The van der Waals surface area contributed by atoms with Crippen molar-refractivity contribution >= 4 is 23.2 Å². The fraction of sp³-hybridized carbons (Fsp3) is 0.448. The first kappa shape index (κ1) is 27.5. The maximum atomic E-state index is 13.4. The van der Waals surface area contributed by atoms with Gasteiger partial charge < -0.3 is 10.2 Å². The van der Waals surface area contributed by atoms with E-state index in [0.717, 1.165) is 35.5 Å². The second-order valence-electron chi connectivity index (χ2n) is 11.0. The minimum atomic E-state index is -4.46. The molecule has 0 saturated heterocycles. The third-order valence-electron chi connectivity index (χ3n) is 6.67. The maximum absolute atomic E-state index is 13.4. The first-order chi connectivity index (χ1) is 17.8. The van der Waals surface area contributed by atoms with Gasteiger partial charge in [0.25, 0.3) is 0 Å². The number of ketones is 1. The number of amides is 2. The highest BCUT2D eigenvalue weighted by atomic mass is 19.4. The second kappa shape index (κ2) is 10.7. The monoisotopic (exact) mass is 526 g/mol. The third-order valence-corrected chi connectivity index (χ3v) is 6.67. The number of fused-ring (bicyclic) bond motifs is 1. The Bertz CT molecular complexity index is 1310. The smallest absolute Gasteiger partial charge is 0.333 e.